The van der Waals surface area contributed by atoms with E-state index in [4.69, 9.17) is 10.5 Å². The number of ether oxygens (including phenoxy) is 1. The van der Waals surface area contributed by atoms with Gasteiger partial charge in [-0.15, -0.1) is 0 Å². The smallest absolute Gasteiger partial charge is 0.435 e. The van der Waals surface area contributed by atoms with Crippen LogP contribution in [0.1, 0.15) is 40.9 Å². The fourth-order valence-electron chi connectivity index (χ4n) is 3.58. The molecule has 1 aliphatic heterocycles. The summed E-state index contributed by atoms with van der Waals surface area (Å²) in [5, 5.41) is 0. The normalized spacial score (nSPS) is 14.7. The molecule has 0 aliphatic carbocycles. The maximum absolute atomic E-state index is 13.8. The maximum Gasteiger partial charge on any atom is 0.435 e. The third-order valence-corrected chi connectivity index (χ3v) is 5.07. The summed E-state index contributed by atoms with van der Waals surface area (Å²) < 4.78 is 86.2. The summed E-state index contributed by atoms with van der Waals surface area (Å²) in [7, 11) is 0. The third-order valence-electron chi connectivity index (χ3n) is 5.07. The first-order chi connectivity index (χ1) is 15.4. The molecule has 0 saturated heterocycles. The van der Waals surface area contributed by atoms with E-state index in [1.165, 1.54) is 11.8 Å². The quantitative estimate of drug-likeness (QED) is 0.392. The van der Waals surface area contributed by atoms with Crippen molar-refractivity contribution in [2.45, 2.75) is 45.1 Å². The van der Waals surface area contributed by atoms with Crippen LogP contribution < -0.4 is 5.73 Å². The summed E-state index contributed by atoms with van der Waals surface area (Å²) in [5.74, 6) is -5.49. The lowest BCUT2D eigenvalue weighted by atomic mass is 10.0. The second kappa shape index (κ2) is 9.41. The molecule has 7 nitrogen and oxygen atoms in total. The molecule has 3 rings (SSSR count). The number of aromatic nitrogens is 2. The summed E-state index contributed by atoms with van der Waals surface area (Å²) in [6.07, 6.45) is -5.49. The largest absolute Gasteiger partial charge is 0.461 e. The molecule has 2 aromatic rings. The number of amides is 1. The SMILES string of the molecule is CCOC(=O)c1c(C(F)(F)F)nc2n1CCN(C(=O)C[C@@H](N)Cc1cc(F)c(F)cc1F)C2. The van der Waals surface area contributed by atoms with Gasteiger partial charge < -0.3 is 19.9 Å². The summed E-state index contributed by atoms with van der Waals surface area (Å²) in [4.78, 5) is 29.4. The molecule has 180 valence electrons. The van der Waals surface area contributed by atoms with E-state index >= 15 is 0 Å². The molecular weight excluding hydrogens is 458 g/mol. The lowest BCUT2D eigenvalue weighted by Crippen LogP contribution is -2.42. The highest BCUT2D eigenvalue weighted by Crippen LogP contribution is 2.33. The van der Waals surface area contributed by atoms with Crippen LogP contribution in [-0.4, -0.2) is 45.5 Å². The number of fused-ring (bicyclic) bond motifs is 1. The Kier molecular flexibility index (Phi) is 7.00. The molecule has 0 bridgehead atoms. The second-order valence-electron chi connectivity index (χ2n) is 7.44. The number of carbonyl (C=O) groups is 2. The Bertz CT molecular complexity index is 1070. The van der Waals surface area contributed by atoms with E-state index in [0.717, 1.165) is 4.57 Å². The minimum absolute atomic E-state index is 0.0296. The molecule has 0 fully saturated rings. The number of esters is 1. The number of hydrogen-bond donors (Lipinski definition) is 1. The molecular formula is C20H20F6N4O3. The standard InChI is InChI=1S/C20H20F6N4O3/c1-2-33-19(32)17-18(20(24,25)26)28-15-9-29(3-4-30(15)17)16(31)7-11(27)5-10-6-13(22)14(23)8-12(10)21/h6,8,11H,2-5,7,9,27H2,1H3/t11-/m0/s1. The number of imidazole rings is 1. The first kappa shape index (κ1) is 24.6. The van der Waals surface area contributed by atoms with Crippen molar-refractivity contribution in [3.05, 3.63) is 52.4 Å². The van der Waals surface area contributed by atoms with Crippen molar-refractivity contribution in [3.63, 3.8) is 0 Å². The number of alkyl halides is 3. The molecule has 0 saturated carbocycles. The van der Waals surface area contributed by atoms with Gasteiger partial charge in [-0.2, -0.15) is 13.2 Å². The first-order valence-corrected chi connectivity index (χ1v) is 9.92. The van der Waals surface area contributed by atoms with Gasteiger partial charge in [0.05, 0.1) is 13.2 Å². The number of halogens is 6. The van der Waals surface area contributed by atoms with E-state index in [1.54, 1.807) is 0 Å². The molecule has 13 heteroatoms. The average Bonchev–Trinajstić information content (AvgIpc) is 3.11. The molecule has 1 atom stereocenters. The number of benzene rings is 1. The van der Waals surface area contributed by atoms with E-state index in [1.807, 2.05) is 0 Å². The van der Waals surface area contributed by atoms with Crippen LogP contribution in [0.15, 0.2) is 12.1 Å². The van der Waals surface area contributed by atoms with Gasteiger partial charge in [-0.3, -0.25) is 4.79 Å². The third kappa shape index (κ3) is 5.29. The van der Waals surface area contributed by atoms with Crippen LogP contribution in [0.2, 0.25) is 0 Å². The van der Waals surface area contributed by atoms with Crippen LogP contribution in [0.3, 0.4) is 0 Å². The Morgan fingerprint density at radius 3 is 2.45 bits per heavy atom. The molecule has 33 heavy (non-hydrogen) atoms. The summed E-state index contributed by atoms with van der Waals surface area (Å²) in [6, 6.07) is 0.0741. The van der Waals surface area contributed by atoms with Crippen LogP contribution in [0.5, 0.6) is 0 Å². The van der Waals surface area contributed by atoms with Gasteiger partial charge in [0.2, 0.25) is 5.91 Å². The summed E-state index contributed by atoms with van der Waals surface area (Å²) in [5.41, 5.74) is 3.53. The summed E-state index contributed by atoms with van der Waals surface area (Å²) in [6.45, 7) is 0.850. The van der Waals surface area contributed by atoms with Gasteiger partial charge in [-0.05, 0) is 25.0 Å². The van der Waals surface area contributed by atoms with Gasteiger partial charge in [-0.25, -0.2) is 22.9 Å². The zero-order chi connectivity index (χ0) is 24.5. The van der Waals surface area contributed by atoms with Crippen LogP contribution >= 0.6 is 0 Å². The lowest BCUT2D eigenvalue weighted by molar-refractivity contribution is -0.141. The Balaban J connectivity index is 1.73. The van der Waals surface area contributed by atoms with E-state index in [0.29, 0.717) is 12.1 Å². The molecule has 1 amide bonds. The molecule has 1 aromatic carbocycles. The van der Waals surface area contributed by atoms with E-state index in [-0.39, 0.29) is 50.5 Å². The van der Waals surface area contributed by atoms with Crippen LogP contribution in [-0.2, 0) is 35.2 Å². The van der Waals surface area contributed by atoms with Gasteiger partial charge in [0, 0.05) is 31.6 Å². The average molecular weight is 478 g/mol. The molecule has 0 spiro atoms. The van der Waals surface area contributed by atoms with Gasteiger partial charge in [0.15, 0.2) is 23.0 Å². The lowest BCUT2D eigenvalue weighted by Gasteiger charge is -2.29. The van der Waals surface area contributed by atoms with Crippen LogP contribution in [0, 0.1) is 17.5 Å². The van der Waals surface area contributed by atoms with Gasteiger partial charge in [-0.1, -0.05) is 0 Å². The van der Waals surface area contributed by atoms with Gasteiger partial charge in [0.1, 0.15) is 11.6 Å². The first-order valence-electron chi connectivity index (χ1n) is 9.92. The Morgan fingerprint density at radius 2 is 1.82 bits per heavy atom. The van der Waals surface area contributed by atoms with Crippen LogP contribution in [0.25, 0.3) is 0 Å². The van der Waals surface area contributed by atoms with Gasteiger partial charge in [0.25, 0.3) is 0 Å². The fraction of sp³-hybridized carbons (Fsp3) is 0.450. The predicted molar refractivity (Wildman–Crippen MR) is 101 cm³/mol. The predicted octanol–water partition coefficient (Wildman–Crippen LogP) is 2.80. The van der Waals surface area contributed by atoms with Crippen molar-refractivity contribution in [2.75, 3.05) is 13.2 Å². The Labute approximate surface area is 184 Å². The monoisotopic (exact) mass is 478 g/mol. The highest BCUT2D eigenvalue weighted by molar-refractivity contribution is 5.89. The number of carbonyl (C=O) groups excluding carboxylic acids is 2. The molecule has 1 aromatic heterocycles. The molecule has 1 aliphatic rings. The van der Waals surface area contributed by atoms with Crippen molar-refractivity contribution in [1.29, 1.82) is 0 Å². The number of nitrogens with zero attached hydrogens (tertiary/aromatic N) is 3. The van der Waals surface area contributed by atoms with Crippen molar-refractivity contribution in [2.24, 2.45) is 5.73 Å². The second-order valence-corrected chi connectivity index (χ2v) is 7.44. The molecule has 2 heterocycles. The highest BCUT2D eigenvalue weighted by Gasteiger charge is 2.43. The minimum Gasteiger partial charge on any atom is -0.461 e. The molecule has 0 unspecified atom stereocenters. The van der Waals surface area contributed by atoms with Crippen molar-refractivity contribution < 1.29 is 40.7 Å². The van der Waals surface area contributed by atoms with Crippen LogP contribution in [0.4, 0.5) is 26.3 Å². The zero-order valence-corrected chi connectivity index (χ0v) is 17.4. The van der Waals surface area contributed by atoms with E-state index in [2.05, 4.69) is 4.98 Å². The Morgan fingerprint density at radius 1 is 1.15 bits per heavy atom. The van der Waals surface area contributed by atoms with Crippen molar-refractivity contribution >= 4 is 11.9 Å². The van der Waals surface area contributed by atoms with E-state index in [9.17, 15) is 35.9 Å². The highest BCUT2D eigenvalue weighted by atomic mass is 19.4. The summed E-state index contributed by atoms with van der Waals surface area (Å²) >= 11 is 0. The fourth-order valence-corrected chi connectivity index (χ4v) is 3.58. The maximum atomic E-state index is 13.8. The van der Waals surface area contributed by atoms with Gasteiger partial charge >= 0.3 is 12.1 Å². The topological polar surface area (TPSA) is 90.5 Å². The van der Waals surface area contributed by atoms with Crippen molar-refractivity contribution in [3.8, 4) is 0 Å². The zero-order valence-electron chi connectivity index (χ0n) is 17.4. The minimum atomic E-state index is -4.90. The molecule has 2 N–H and O–H groups in total. The number of hydrogen-bond acceptors (Lipinski definition) is 5. The number of rotatable bonds is 6. The Hall–Kier alpha value is -3.09. The van der Waals surface area contributed by atoms with E-state index < -0.39 is 52.9 Å². The molecule has 0 radical (unpaired) electrons. The van der Waals surface area contributed by atoms with Crippen molar-refractivity contribution in [1.82, 2.24) is 14.5 Å². The number of nitrogens with two attached hydrogens (primary N) is 1.